The van der Waals surface area contributed by atoms with Crippen LogP contribution in [-0.4, -0.2) is 22.8 Å². The number of aliphatic hydroxyl groups is 1. The Labute approximate surface area is 114 Å². The molecule has 108 valence electrons. The molecule has 2 N–H and O–H groups in total. The van der Waals surface area contributed by atoms with Gasteiger partial charge in [0.25, 0.3) is 0 Å². The van der Waals surface area contributed by atoms with Gasteiger partial charge in [0.2, 0.25) is 0 Å². The monoisotopic (exact) mass is 255 g/mol. The van der Waals surface area contributed by atoms with Crippen LogP contribution in [0, 0.1) is 0 Å². The van der Waals surface area contributed by atoms with Crippen molar-refractivity contribution in [3.8, 4) is 0 Å². The fourth-order valence-electron chi connectivity index (χ4n) is 2.12. The molecule has 0 aromatic heterocycles. The van der Waals surface area contributed by atoms with Gasteiger partial charge in [-0.2, -0.15) is 0 Å². The number of rotatable bonds is 9. The lowest BCUT2D eigenvalue weighted by Gasteiger charge is -2.22. The second-order valence-electron chi connectivity index (χ2n) is 6.53. The molecular formula is C16H33NO. The Morgan fingerprint density at radius 3 is 2.22 bits per heavy atom. The van der Waals surface area contributed by atoms with Crippen molar-refractivity contribution in [2.45, 2.75) is 91.3 Å². The third kappa shape index (κ3) is 12.1. The van der Waals surface area contributed by atoms with Crippen LogP contribution in [0.2, 0.25) is 0 Å². The van der Waals surface area contributed by atoms with Gasteiger partial charge in [-0.3, -0.25) is 0 Å². The van der Waals surface area contributed by atoms with Crippen molar-refractivity contribution < 1.29 is 5.11 Å². The van der Waals surface area contributed by atoms with Crippen molar-refractivity contribution in [2.24, 2.45) is 0 Å². The molecule has 0 amide bonds. The maximum Gasteiger partial charge on any atom is 0.0591 e. The maximum atomic E-state index is 9.65. The van der Waals surface area contributed by atoms with Crippen molar-refractivity contribution in [3.05, 3.63) is 11.6 Å². The first kappa shape index (κ1) is 17.7. The fourth-order valence-corrected chi connectivity index (χ4v) is 2.12. The van der Waals surface area contributed by atoms with E-state index in [2.05, 4.69) is 39.1 Å². The highest BCUT2D eigenvalue weighted by Crippen LogP contribution is 2.13. The first-order valence-corrected chi connectivity index (χ1v) is 7.32. The van der Waals surface area contributed by atoms with E-state index in [1.54, 1.807) is 0 Å². The van der Waals surface area contributed by atoms with Gasteiger partial charge < -0.3 is 10.4 Å². The lowest BCUT2D eigenvalue weighted by molar-refractivity contribution is 0.0674. The van der Waals surface area contributed by atoms with Gasteiger partial charge in [0.1, 0.15) is 0 Å². The highest BCUT2D eigenvalue weighted by molar-refractivity contribution is 4.93. The summed E-state index contributed by atoms with van der Waals surface area (Å²) in [6.45, 7) is 12.6. The van der Waals surface area contributed by atoms with Gasteiger partial charge in [-0.25, -0.2) is 0 Å². The smallest absolute Gasteiger partial charge is 0.0591 e. The van der Waals surface area contributed by atoms with E-state index in [9.17, 15) is 5.11 Å². The Kier molecular flexibility index (Phi) is 8.54. The van der Waals surface area contributed by atoms with E-state index in [4.69, 9.17) is 0 Å². The van der Waals surface area contributed by atoms with Gasteiger partial charge in [0.05, 0.1) is 5.60 Å². The maximum absolute atomic E-state index is 9.65. The van der Waals surface area contributed by atoms with Gasteiger partial charge in [-0.05, 0) is 73.6 Å². The molecule has 2 atom stereocenters. The summed E-state index contributed by atoms with van der Waals surface area (Å²) >= 11 is 0. The molecule has 2 heteroatoms. The van der Waals surface area contributed by atoms with Gasteiger partial charge in [0, 0.05) is 12.1 Å². The van der Waals surface area contributed by atoms with E-state index in [0.29, 0.717) is 12.1 Å². The molecule has 0 aliphatic carbocycles. The van der Waals surface area contributed by atoms with Crippen molar-refractivity contribution in [3.63, 3.8) is 0 Å². The lowest BCUT2D eigenvalue weighted by atomic mass is 9.99. The molecule has 0 heterocycles. The Balaban J connectivity index is 3.67. The number of hydrogen-bond donors (Lipinski definition) is 2. The van der Waals surface area contributed by atoms with Crippen molar-refractivity contribution >= 4 is 0 Å². The zero-order valence-electron chi connectivity index (χ0n) is 13.2. The summed E-state index contributed by atoms with van der Waals surface area (Å²) < 4.78 is 0. The van der Waals surface area contributed by atoms with Crippen LogP contribution in [0.25, 0.3) is 0 Å². The predicted molar refractivity (Wildman–Crippen MR) is 80.9 cm³/mol. The Hall–Kier alpha value is -0.340. The Morgan fingerprint density at radius 2 is 1.72 bits per heavy atom. The molecule has 0 aromatic carbocycles. The molecule has 0 saturated heterocycles. The second-order valence-corrected chi connectivity index (χ2v) is 6.53. The fraction of sp³-hybridized carbons (Fsp3) is 0.875. The van der Waals surface area contributed by atoms with E-state index in [0.717, 1.165) is 25.7 Å². The summed E-state index contributed by atoms with van der Waals surface area (Å²) in [5.74, 6) is 0. The Bertz CT molecular complexity index is 236. The largest absolute Gasteiger partial charge is 0.390 e. The van der Waals surface area contributed by atoms with E-state index >= 15 is 0 Å². The number of allylic oxidation sites excluding steroid dienone is 2. The molecule has 18 heavy (non-hydrogen) atoms. The molecule has 0 aliphatic rings. The second kappa shape index (κ2) is 8.71. The summed E-state index contributed by atoms with van der Waals surface area (Å²) in [5.41, 5.74) is 0.884. The van der Waals surface area contributed by atoms with E-state index in [1.807, 2.05) is 13.8 Å². The molecule has 0 aliphatic heterocycles. The number of hydrogen-bond acceptors (Lipinski definition) is 2. The lowest BCUT2D eigenvalue weighted by Crippen LogP contribution is -2.34. The summed E-state index contributed by atoms with van der Waals surface area (Å²) in [4.78, 5) is 0. The van der Waals surface area contributed by atoms with Crippen LogP contribution in [0.4, 0.5) is 0 Å². The van der Waals surface area contributed by atoms with Crippen molar-refractivity contribution in [1.29, 1.82) is 0 Å². The zero-order valence-corrected chi connectivity index (χ0v) is 13.2. The van der Waals surface area contributed by atoms with Gasteiger partial charge in [0.15, 0.2) is 0 Å². The SMILES string of the molecule is CC(C)=CCC[C@H](C)N[C@@H](C)CCCC(C)(C)O. The van der Waals surface area contributed by atoms with Crippen LogP contribution in [0.5, 0.6) is 0 Å². The quantitative estimate of drug-likeness (QED) is 0.609. The number of nitrogens with one attached hydrogen (secondary N) is 1. The highest BCUT2D eigenvalue weighted by atomic mass is 16.3. The van der Waals surface area contributed by atoms with Crippen LogP contribution in [0.3, 0.4) is 0 Å². The van der Waals surface area contributed by atoms with Crippen LogP contribution in [0.1, 0.15) is 73.6 Å². The molecule has 0 radical (unpaired) electrons. The predicted octanol–water partition coefficient (Wildman–Crippen LogP) is 4.04. The molecule has 0 saturated carbocycles. The molecule has 0 aromatic rings. The summed E-state index contributed by atoms with van der Waals surface area (Å²) in [7, 11) is 0. The van der Waals surface area contributed by atoms with Gasteiger partial charge in [-0.1, -0.05) is 11.6 Å². The summed E-state index contributed by atoms with van der Waals surface area (Å²) in [6.07, 6.45) is 7.76. The minimum absolute atomic E-state index is 0.519. The van der Waals surface area contributed by atoms with E-state index < -0.39 is 5.60 Å². The molecule has 0 unspecified atom stereocenters. The molecule has 0 bridgehead atoms. The van der Waals surface area contributed by atoms with Crippen LogP contribution >= 0.6 is 0 Å². The molecular weight excluding hydrogens is 222 g/mol. The molecule has 0 spiro atoms. The van der Waals surface area contributed by atoms with E-state index in [1.165, 1.54) is 12.0 Å². The summed E-state index contributed by atoms with van der Waals surface area (Å²) in [5, 5.41) is 13.3. The first-order chi connectivity index (χ1) is 8.20. The van der Waals surface area contributed by atoms with E-state index in [-0.39, 0.29) is 0 Å². The van der Waals surface area contributed by atoms with Crippen molar-refractivity contribution in [1.82, 2.24) is 5.32 Å². The highest BCUT2D eigenvalue weighted by Gasteiger charge is 2.13. The van der Waals surface area contributed by atoms with Crippen LogP contribution in [-0.2, 0) is 0 Å². The molecule has 0 fully saturated rings. The molecule has 2 nitrogen and oxygen atoms in total. The normalized spacial score (nSPS) is 15.3. The third-order valence-electron chi connectivity index (χ3n) is 3.15. The zero-order chi connectivity index (χ0) is 14.2. The topological polar surface area (TPSA) is 32.3 Å². The van der Waals surface area contributed by atoms with Gasteiger partial charge >= 0.3 is 0 Å². The average Bonchev–Trinajstić information content (AvgIpc) is 2.14. The molecule has 0 rings (SSSR count). The summed E-state index contributed by atoms with van der Waals surface area (Å²) in [6, 6.07) is 1.10. The average molecular weight is 255 g/mol. The Morgan fingerprint density at radius 1 is 1.17 bits per heavy atom. The van der Waals surface area contributed by atoms with Crippen LogP contribution < -0.4 is 5.32 Å². The minimum Gasteiger partial charge on any atom is -0.390 e. The standard InChI is InChI=1S/C16H33NO/c1-13(2)9-7-10-14(3)17-15(4)11-8-12-16(5,6)18/h9,14-15,17-18H,7-8,10-12H2,1-6H3/t14-,15-/m0/s1. The van der Waals surface area contributed by atoms with Crippen molar-refractivity contribution in [2.75, 3.05) is 0 Å². The third-order valence-corrected chi connectivity index (χ3v) is 3.15. The minimum atomic E-state index is -0.519. The van der Waals surface area contributed by atoms with Crippen LogP contribution in [0.15, 0.2) is 11.6 Å². The first-order valence-electron chi connectivity index (χ1n) is 7.32. The van der Waals surface area contributed by atoms with Gasteiger partial charge in [-0.15, -0.1) is 0 Å².